The molecule has 1 N–H and O–H groups in total. The number of nitrogens with one attached hydrogen (secondary N) is 1. The zero-order chi connectivity index (χ0) is 14.5. The minimum Gasteiger partial charge on any atom is -0.385 e. The summed E-state index contributed by atoms with van der Waals surface area (Å²) in [5.41, 5.74) is 1.73. The van der Waals surface area contributed by atoms with Gasteiger partial charge in [-0.25, -0.2) is 4.98 Å². The van der Waals surface area contributed by atoms with Gasteiger partial charge >= 0.3 is 0 Å². The fourth-order valence-electron chi connectivity index (χ4n) is 1.89. The van der Waals surface area contributed by atoms with Crippen LogP contribution in [0.4, 0.5) is 5.95 Å². The molecule has 0 saturated carbocycles. The summed E-state index contributed by atoms with van der Waals surface area (Å²) in [7, 11) is 1.69. The van der Waals surface area contributed by atoms with E-state index in [2.05, 4.69) is 10.3 Å². The maximum absolute atomic E-state index is 6.24. The van der Waals surface area contributed by atoms with Crippen molar-refractivity contribution in [3.63, 3.8) is 0 Å². The lowest BCUT2D eigenvalue weighted by Crippen LogP contribution is -2.09. The molecule has 0 fully saturated rings. The predicted molar refractivity (Wildman–Crippen MR) is 83.3 cm³/mol. The molecule has 2 rings (SSSR count). The number of nitrogens with zero attached hydrogens (tertiary/aromatic N) is 2. The molecule has 0 atom stereocenters. The van der Waals surface area contributed by atoms with Crippen molar-refractivity contribution < 1.29 is 4.74 Å². The smallest absolute Gasteiger partial charge is 0.207 e. The highest BCUT2D eigenvalue weighted by Gasteiger charge is 2.10. The maximum atomic E-state index is 6.24. The Morgan fingerprint density at radius 2 is 2.15 bits per heavy atom. The number of hydrogen-bond acceptors (Lipinski definition) is 3. The number of aromatic nitrogens is 2. The van der Waals surface area contributed by atoms with Gasteiger partial charge in [-0.1, -0.05) is 23.2 Å². The molecule has 0 radical (unpaired) electrons. The lowest BCUT2D eigenvalue weighted by molar-refractivity contribution is 0.197. The van der Waals surface area contributed by atoms with Crippen molar-refractivity contribution >= 4 is 29.2 Å². The van der Waals surface area contributed by atoms with Crippen molar-refractivity contribution in [3.8, 4) is 5.69 Å². The molecule has 0 aliphatic carbocycles. The highest BCUT2D eigenvalue weighted by Crippen LogP contribution is 2.27. The van der Waals surface area contributed by atoms with Crippen LogP contribution in [-0.2, 0) is 4.74 Å². The van der Waals surface area contributed by atoms with Crippen LogP contribution in [0, 0.1) is 6.92 Å². The van der Waals surface area contributed by atoms with Gasteiger partial charge in [0.1, 0.15) is 0 Å². The number of rotatable bonds is 6. The number of methoxy groups -OCH3 is 1. The number of hydrogen-bond donors (Lipinski definition) is 1. The van der Waals surface area contributed by atoms with E-state index in [-0.39, 0.29) is 0 Å². The van der Waals surface area contributed by atoms with Crippen LogP contribution in [0.5, 0.6) is 0 Å². The Kier molecular flexibility index (Phi) is 5.29. The third-order valence-corrected chi connectivity index (χ3v) is 3.36. The largest absolute Gasteiger partial charge is 0.385 e. The Balaban J connectivity index is 2.25. The van der Waals surface area contributed by atoms with E-state index >= 15 is 0 Å². The quantitative estimate of drug-likeness (QED) is 0.821. The lowest BCUT2D eigenvalue weighted by atomic mass is 10.3. The van der Waals surface area contributed by atoms with Crippen LogP contribution < -0.4 is 5.32 Å². The zero-order valence-electron chi connectivity index (χ0n) is 11.5. The normalized spacial score (nSPS) is 10.8. The van der Waals surface area contributed by atoms with E-state index in [0.717, 1.165) is 30.3 Å². The van der Waals surface area contributed by atoms with E-state index in [1.165, 1.54) is 0 Å². The molecular formula is C14H17Cl2N3O. The van der Waals surface area contributed by atoms with Crippen LogP contribution >= 0.6 is 23.2 Å². The zero-order valence-corrected chi connectivity index (χ0v) is 13.0. The Morgan fingerprint density at radius 3 is 2.90 bits per heavy atom. The number of aryl methyl sites for hydroxylation is 1. The molecule has 2 aromatic rings. The molecule has 1 aromatic heterocycles. The van der Waals surface area contributed by atoms with E-state index in [0.29, 0.717) is 16.7 Å². The highest BCUT2D eigenvalue weighted by molar-refractivity contribution is 6.34. The predicted octanol–water partition coefficient (Wildman–Crippen LogP) is 3.94. The summed E-state index contributed by atoms with van der Waals surface area (Å²) >= 11 is 12.3. The average Bonchev–Trinajstić information content (AvgIpc) is 2.78. The number of halogens is 2. The van der Waals surface area contributed by atoms with Crippen LogP contribution in [0.25, 0.3) is 5.69 Å². The molecule has 20 heavy (non-hydrogen) atoms. The van der Waals surface area contributed by atoms with Gasteiger partial charge in [0.2, 0.25) is 5.95 Å². The van der Waals surface area contributed by atoms with Gasteiger partial charge in [0.05, 0.1) is 16.4 Å². The third-order valence-electron chi connectivity index (χ3n) is 2.80. The molecule has 1 heterocycles. The summed E-state index contributed by atoms with van der Waals surface area (Å²) in [6, 6.07) is 5.37. The minimum atomic E-state index is 0.631. The summed E-state index contributed by atoms with van der Waals surface area (Å²) in [6.45, 7) is 3.43. The summed E-state index contributed by atoms with van der Waals surface area (Å²) in [5, 5.41) is 4.56. The number of anilines is 1. The van der Waals surface area contributed by atoms with Crippen LogP contribution in [-0.4, -0.2) is 29.8 Å². The number of imidazole rings is 1. The van der Waals surface area contributed by atoms with Crippen molar-refractivity contribution in [1.29, 1.82) is 0 Å². The molecule has 108 valence electrons. The highest BCUT2D eigenvalue weighted by atomic mass is 35.5. The first-order valence-corrected chi connectivity index (χ1v) is 7.11. The molecule has 0 bridgehead atoms. The van der Waals surface area contributed by atoms with Gasteiger partial charge in [-0.3, -0.25) is 4.57 Å². The molecule has 0 amide bonds. The lowest BCUT2D eigenvalue weighted by Gasteiger charge is -2.11. The Hall–Kier alpha value is -1.23. The molecule has 6 heteroatoms. The second-order valence-corrected chi connectivity index (χ2v) is 5.29. The van der Waals surface area contributed by atoms with Gasteiger partial charge in [0.15, 0.2) is 0 Å². The number of benzene rings is 1. The topological polar surface area (TPSA) is 39.1 Å². The molecule has 4 nitrogen and oxygen atoms in total. The van der Waals surface area contributed by atoms with Crippen molar-refractivity contribution in [2.75, 3.05) is 25.6 Å². The third kappa shape index (κ3) is 3.66. The summed E-state index contributed by atoms with van der Waals surface area (Å²) in [5.74, 6) is 0.753. The summed E-state index contributed by atoms with van der Waals surface area (Å²) in [6.07, 6.45) is 2.84. The summed E-state index contributed by atoms with van der Waals surface area (Å²) in [4.78, 5) is 4.46. The van der Waals surface area contributed by atoms with E-state index in [1.54, 1.807) is 19.2 Å². The van der Waals surface area contributed by atoms with Gasteiger partial charge in [-0.2, -0.15) is 0 Å². The van der Waals surface area contributed by atoms with Gasteiger partial charge in [-0.15, -0.1) is 0 Å². The first kappa shape index (κ1) is 15.2. The first-order valence-electron chi connectivity index (χ1n) is 6.36. The molecule has 0 unspecified atom stereocenters. The Bertz CT molecular complexity index is 584. The molecular weight excluding hydrogens is 297 g/mol. The molecule has 0 aliphatic rings. The maximum Gasteiger partial charge on any atom is 0.207 e. The molecule has 0 spiro atoms. The SMILES string of the molecule is COCCCNc1nc(C)cn1-c1cc(Cl)ccc1Cl. The van der Waals surface area contributed by atoms with Crippen LogP contribution in [0.15, 0.2) is 24.4 Å². The van der Waals surface area contributed by atoms with E-state index in [9.17, 15) is 0 Å². The molecule has 1 aromatic carbocycles. The second kappa shape index (κ2) is 6.97. The monoisotopic (exact) mass is 313 g/mol. The van der Waals surface area contributed by atoms with Crippen LogP contribution in [0.1, 0.15) is 12.1 Å². The van der Waals surface area contributed by atoms with Crippen LogP contribution in [0.3, 0.4) is 0 Å². The summed E-state index contributed by atoms with van der Waals surface area (Å²) < 4.78 is 6.94. The van der Waals surface area contributed by atoms with Gasteiger partial charge in [0, 0.05) is 31.5 Å². The van der Waals surface area contributed by atoms with Crippen molar-refractivity contribution in [2.24, 2.45) is 0 Å². The molecule has 0 aliphatic heterocycles. The first-order chi connectivity index (χ1) is 9.61. The van der Waals surface area contributed by atoms with E-state index < -0.39 is 0 Å². The fourth-order valence-corrected chi connectivity index (χ4v) is 2.27. The number of ether oxygens (including phenoxy) is 1. The van der Waals surface area contributed by atoms with Crippen molar-refractivity contribution in [2.45, 2.75) is 13.3 Å². The van der Waals surface area contributed by atoms with Gasteiger partial charge in [0.25, 0.3) is 0 Å². The van der Waals surface area contributed by atoms with Gasteiger partial charge < -0.3 is 10.1 Å². The Labute approximate surface area is 128 Å². The minimum absolute atomic E-state index is 0.631. The standard InChI is InChI=1S/C14H17Cl2N3O/c1-10-9-19(13-8-11(15)4-5-12(13)16)14(18-10)17-6-3-7-20-2/h4-5,8-9H,3,6-7H2,1-2H3,(H,17,18). The van der Waals surface area contributed by atoms with E-state index in [1.807, 2.05) is 23.8 Å². The van der Waals surface area contributed by atoms with Crippen LogP contribution in [0.2, 0.25) is 10.0 Å². The second-order valence-electron chi connectivity index (χ2n) is 4.44. The van der Waals surface area contributed by atoms with E-state index in [4.69, 9.17) is 27.9 Å². The fraction of sp³-hybridized carbons (Fsp3) is 0.357. The van der Waals surface area contributed by atoms with Crippen molar-refractivity contribution in [3.05, 3.63) is 40.1 Å². The Morgan fingerprint density at radius 1 is 1.35 bits per heavy atom. The van der Waals surface area contributed by atoms with Crippen molar-refractivity contribution in [1.82, 2.24) is 9.55 Å². The molecule has 0 saturated heterocycles. The average molecular weight is 314 g/mol. The van der Waals surface area contributed by atoms with Gasteiger partial charge in [-0.05, 0) is 31.5 Å².